The Balaban J connectivity index is 1.56. The van der Waals surface area contributed by atoms with Crippen LogP contribution >= 0.6 is 11.6 Å². The molecule has 1 aliphatic rings. The van der Waals surface area contributed by atoms with Crippen LogP contribution in [0.4, 0.5) is 4.39 Å². The van der Waals surface area contributed by atoms with E-state index in [0.29, 0.717) is 43.8 Å². The lowest BCUT2D eigenvalue weighted by Crippen LogP contribution is -2.46. The van der Waals surface area contributed by atoms with E-state index < -0.39 is 16.1 Å². The minimum absolute atomic E-state index is 0.132. The van der Waals surface area contributed by atoms with Crippen molar-refractivity contribution >= 4 is 27.5 Å². The summed E-state index contributed by atoms with van der Waals surface area (Å²) in [5.41, 5.74) is 0.989. The van der Waals surface area contributed by atoms with Gasteiger partial charge in [0, 0.05) is 18.1 Å². The first-order chi connectivity index (χ1) is 13.4. The van der Waals surface area contributed by atoms with Crippen LogP contribution in [0.5, 0.6) is 0 Å². The second-order valence-electron chi connectivity index (χ2n) is 6.75. The predicted octanol–water partition coefficient (Wildman–Crippen LogP) is 3.38. The molecule has 1 N–H and O–H groups in total. The molecule has 1 heterocycles. The maximum atomic E-state index is 12.9. The highest BCUT2D eigenvalue weighted by molar-refractivity contribution is 7.89. The van der Waals surface area contributed by atoms with Crippen LogP contribution in [0.15, 0.2) is 53.4 Å². The standard InChI is InChI=1S/C20H22ClFN2O3S/c21-16-7-11-18(12-8-16)28(26,27)24-14-2-4-19(24)20(25)23-13-1-3-15-5-9-17(22)10-6-15/h5-12,19H,1-4,13-14H2,(H,23,25)/t19-/m1/s1. The molecule has 0 unspecified atom stereocenters. The van der Waals surface area contributed by atoms with Crippen LogP contribution in [-0.2, 0) is 21.2 Å². The molecular weight excluding hydrogens is 403 g/mol. The van der Waals surface area contributed by atoms with Crippen molar-refractivity contribution < 1.29 is 17.6 Å². The van der Waals surface area contributed by atoms with Gasteiger partial charge in [0.05, 0.1) is 4.90 Å². The molecule has 3 rings (SSSR count). The van der Waals surface area contributed by atoms with Crippen molar-refractivity contribution in [1.29, 1.82) is 0 Å². The molecule has 0 saturated carbocycles. The van der Waals surface area contributed by atoms with Gasteiger partial charge in [-0.25, -0.2) is 12.8 Å². The number of benzene rings is 2. The normalized spacial score (nSPS) is 17.6. The summed E-state index contributed by atoms with van der Waals surface area (Å²) in [5, 5.41) is 3.28. The number of carbonyl (C=O) groups is 1. The molecule has 0 radical (unpaired) electrons. The maximum Gasteiger partial charge on any atom is 0.243 e. The fourth-order valence-electron chi connectivity index (χ4n) is 3.30. The van der Waals surface area contributed by atoms with Gasteiger partial charge in [0.2, 0.25) is 15.9 Å². The van der Waals surface area contributed by atoms with E-state index in [2.05, 4.69) is 5.32 Å². The SMILES string of the molecule is O=C(NCCCc1ccc(F)cc1)[C@H]1CCCN1S(=O)(=O)c1ccc(Cl)cc1. The molecule has 1 fully saturated rings. The van der Waals surface area contributed by atoms with Gasteiger partial charge in [0.15, 0.2) is 0 Å². The average Bonchev–Trinajstić information content (AvgIpc) is 3.18. The Morgan fingerprint density at radius 3 is 2.50 bits per heavy atom. The third-order valence-corrected chi connectivity index (χ3v) is 6.96. The molecule has 0 aliphatic carbocycles. The number of hydrogen-bond donors (Lipinski definition) is 1. The van der Waals surface area contributed by atoms with Crippen LogP contribution < -0.4 is 5.32 Å². The summed E-state index contributed by atoms with van der Waals surface area (Å²) >= 11 is 5.83. The van der Waals surface area contributed by atoms with Gasteiger partial charge in [-0.05, 0) is 67.6 Å². The Morgan fingerprint density at radius 1 is 1.14 bits per heavy atom. The first-order valence-corrected chi connectivity index (χ1v) is 11.0. The zero-order chi connectivity index (χ0) is 20.1. The quantitative estimate of drug-likeness (QED) is 0.693. The topological polar surface area (TPSA) is 66.5 Å². The van der Waals surface area contributed by atoms with Crippen LogP contribution in [0.2, 0.25) is 5.02 Å². The molecule has 1 aliphatic heterocycles. The summed E-state index contributed by atoms with van der Waals surface area (Å²) in [5.74, 6) is -0.561. The second-order valence-corrected chi connectivity index (χ2v) is 9.08. The van der Waals surface area contributed by atoms with Gasteiger partial charge in [-0.15, -0.1) is 0 Å². The highest BCUT2D eigenvalue weighted by atomic mass is 35.5. The molecule has 150 valence electrons. The molecule has 0 bridgehead atoms. The molecular formula is C20H22ClFN2O3S. The third-order valence-electron chi connectivity index (χ3n) is 4.78. The second kappa shape index (κ2) is 9.03. The summed E-state index contributed by atoms with van der Waals surface area (Å²) in [6.07, 6.45) is 2.53. The Kier molecular flexibility index (Phi) is 6.69. The lowest BCUT2D eigenvalue weighted by molar-refractivity contribution is -0.124. The number of sulfonamides is 1. The van der Waals surface area contributed by atoms with Gasteiger partial charge >= 0.3 is 0 Å². The molecule has 1 saturated heterocycles. The number of nitrogens with zero attached hydrogens (tertiary/aromatic N) is 1. The molecule has 28 heavy (non-hydrogen) atoms. The van der Waals surface area contributed by atoms with Crippen molar-refractivity contribution in [3.63, 3.8) is 0 Å². The zero-order valence-electron chi connectivity index (χ0n) is 15.3. The van der Waals surface area contributed by atoms with E-state index in [9.17, 15) is 17.6 Å². The van der Waals surface area contributed by atoms with Gasteiger partial charge in [0.1, 0.15) is 11.9 Å². The third kappa shape index (κ3) is 4.90. The first kappa shape index (κ1) is 20.8. The van der Waals surface area contributed by atoms with Crippen LogP contribution in [0.3, 0.4) is 0 Å². The number of carbonyl (C=O) groups excluding carboxylic acids is 1. The van der Waals surface area contributed by atoms with Crippen molar-refractivity contribution in [1.82, 2.24) is 9.62 Å². The first-order valence-electron chi connectivity index (χ1n) is 9.17. The minimum Gasteiger partial charge on any atom is -0.355 e. The van der Waals surface area contributed by atoms with Crippen LogP contribution in [0.25, 0.3) is 0 Å². The molecule has 2 aromatic rings. The van der Waals surface area contributed by atoms with Crippen molar-refractivity contribution in [2.75, 3.05) is 13.1 Å². The fourth-order valence-corrected chi connectivity index (χ4v) is 5.09. The number of halogens is 2. The van der Waals surface area contributed by atoms with Crippen LogP contribution in [0.1, 0.15) is 24.8 Å². The smallest absolute Gasteiger partial charge is 0.243 e. The van der Waals surface area contributed by atoms with Crippen molar-refractivity contribution in [3.8, 4) is 0 Å². The summed E-state index contributed by atoms with van der Waals surface area (Å²) < 4.78 is 39.9. The highest BCUT2D eigenvalue weighted by Crippen LogP contribution is 2.27. The molecule has 0 spiro atoms. The fraction of sp³-hybridized carbons (Fsp3) is 0.350. The molecule has 1 atom stereocenters. The summed E-state index contributed by atoms with van der Waals surface area (Å²) in [7, 11) is -3.75. The molecule has 1 amide bonds. The number of aryl methyl sites for hydroxylation is 1. The lowest BCUT2D eigenvalue weighted by Gasteiger charge is -2.23. The van der Waals surface area contributed by atoms with Crippen molar-refractivity contribution in [3.05, 3.63) is 64.9 Å². The Hall–Kier alpha value is -1.96. The van der Waals surface area contributed by atoms with E-state index in [4.69, 9.17) is 11.6 Å². The number of rotatable bonds is 7. The van der Waals surface area contributed by atoms with Crippen molar-refractivity contribution in [2.24, 2.45) is 0 Å². The summed E-state index contributed by atoms with van der Waals surface area (Å²) in [4.78, 5) is 12.7. The van der Waals surface area contributed by atoms with Crippen molar-refractivity contribution in [2.45, 2.75) is 36.6 Å². The van der Waals surface area contributed by atoms with E-state index in [0.717, 1.165) is 5.56 Å². The molecule has 5 nitrogen and oxygen atoms in total. The predicted molar refractivity (Wildman–Crippen MR) is 106 cm³/mol. The van der Waals surface area contributed by atoms with E-state index in [-0.39, 0.29) is 16.6 Å². The van der Waals surface area contributed by atoms with Crippen LogP contribution in [-0.4, -0.2) is 37.8 Å². The maximum absolute atomic E-state index is 12.9. The van der Waals surface area contributed by atoms with E-state index in [1.165, 1.54) is 40.7 Å². The van der Waals surface area contributed by atoms with Gasteiger partial charge in [-0.1, -0.05) is 23.7 Å². The molecule has 8 heteroatoms. The van der Waals surface area contributed by atoms with Gasteiger partial charge in [-0.3, -0.25) is 4.79 Å². The lowest BCUT2D eigenvalue weighted by atomic mass is 10.1. The Bertz CT molecular complexity index is 917. The number of amides is 1. The van der Waals surface area contributed by atoms with E-state index in [1.807, 2.05) is 0 Å². The van der Waals surface area contributed by atoms with Crippen LogP contribution in [0, 0.1) is 5.82 Å². The molecule has 0 aromatic heterocycles. The summed E-state index contributed by atoms with van der Waals surface area (Å²) in [6.45, 7) is 0.750. The minimum atomic E-state index is -3.75. The van der Waals surface area contributed by atoms with Gasteiger partial charge in [0.25, 0.3) is 0 Å². The van der Waals surface area contributed by atoms with E-state index in [1.54, 1.807) is 12.1 Å². The number of hydrogen-bond acceptors (Lipinski definition) is 3. The largest absolute Gasteiger partial charge is 0.355 e. The summed E-state index contributed by atoms with van der Waals surface area (Å²) in [6, 6.07) is 11.5. The van der Waals surface area contributed by atoms with Gasteiger partial charge < -0.3 is 5.32 Å². The Morgan fingerprint density at radius 2 is 1.82 bits per heavy atom. The highest BCUT2D eigenvalue weighted by Gasteiger charge is 2.39. The zero-order valence-corrected chi connectivity index (χ0v) is 16.8. The Labute approximate surface area is 169 Å². The van der Waals surface area contributed by atoms with E-state index >= 15 is 0 Å². The average molecular weight is 425 g/mol. The number of nitrogens with one attached hydrogen (secondary N) is 1. The monoisotopic (exact) mass is 424 g/mol. The molecule has 2 aromatic carbocycles. The van der Waals surface area contributed by atoms with Gasteiger partial charge in [-0.2, -0.15) is 4.31 Å².